The van der Waals surface area contributed by atoms with Crippen LogP contribution in [0, 0.1) is 0 Å². The summed E-state index contributed by atoms with van der Waals surface area (Å²) in [7, 11) is 7.34. The van der Waals surface area contributed by atoms with E-state index < -0.39 is 0 Å². The van der Waals surface area contributed by atoms with Crippen LogP contribution in [0.4, 0.5) is 0 Å². The SMILES string of the molecule is COc1cc(Cl)cc(CNCCN(C)C)c1OC. The van der Waals surface area contributed by atoms with Crippen LogP contribution in [-0.2, 0) is 6.54 Å². The molecule has 1 aromatic rings. The second kappa shape index (κ2) is 7.46. The van der Waals surface area contributed by atoms with Crippen molar-refractivity contribution in [1.29, 1.82) is 0 Å². The van der Waals surface area contributed by atoms with Crippen molar-refractivity contribution in [3.63, 3.8) is 0 Å². The van der Waals surface area contributed by atoms with Crippen LogP contribution >= 0.6 is 11.6 Å². The summed E-state index contributed by atoms with van der Waals surface area (Å²) in [6.45, 7) is 2.60. The van der Waals surface area contributed by atoms with Crippen LogP contribution in [0.1, 0.15) is 5.56 Å². The van der Waals surface area contributed by atoms with Gasteiger partial charge in [-0.25, -0.2) is 0 Å². The van der Waals surface area contributed by atoms with Gasteiger partial charge in [0.1, 0.15) is 0 Å². The van der Waals surface area contributed by atoms with Crippen molar-refractivity contribution < 1.29 is 9.47 Å². The van der Waals surface area contributed by atoms with Gasteiger partial charge in [-0.15, -0.1) is 0 Å². The minimum atomic E-state index is 0.650. The number of benzene rings is 1. The van der Waals surface area contributed by atoms with E-state index in [-0.39, 0.29) is 0 Å². The number of nitrogens with zero attached hydrogens (tertiary/aromatic N) is 1. The maximum Gasteiger partial charge on any atom is 0.165 e. The van der Waals surface area contributed by atoms with Crippen LogP contribution in [0.2, 0.25) is 5.02 Å². The lowest BCUT2D eigenvalue weighted by atomic mass is 10.2. The molecule has 0 aliphatic rings. The zero-order valence-electron chi connectivity index (χ0n) is 11.4. The fourth-order valence-electron chi connectivity index (χ4n) is 1.66. The standard InChI is InChI=1S/C13H21ClN2O2/c1-16(2)6-5-15-9-10-7-11(14)8-12(17-3)13(10)18-4/h7-8,15H,5-6,9H2,1-4H3. The highest BCUT2D eigenvalue weighted by molar-refractivity contribution is 6.30. The van der Waals surface area contributed by atoms with Crippen LogP contribution in [0.25, 0.3) is 0 Å². The summed E-state index contributed by atoms with van der Waals surface area (Å²) in [5.74, 6) is 1.40. The Kier molecular flexibility index (Phi) is 6.25. The number of hydrogen-bond acceptors (Lipinski definition) is 4. The van der Waals surface area contributed by atoms with Gasteiger partial charge < -0.3 is 19.7 Å². The number of nitrogens with one attached hydrogen (secondary N) is 1. The van der Waals surface area contributed by atoms with E-state index >= 15 is 0 Å². The van der Waals surface area contributed by atoms with Gasteiger partial charge in [-0.05, 0) is 20.2 Å². The van der Waals surface area contributed by atoms with Crippen LogP contribution in [0.15, 0.2) is 12.1 Å². The smallest absolute Gasteiger partial charge is 0.165 e. The molecule has 0 saturated carbocycles. The summed E-state index contributed by atoms with van der Waals surface area (Å²) in [5, 5.41) is 4.00. The van der Waals surface area contributed by atoms with E-state index in [0.717, 1.165) is 24.4 Å². The molecule has 18 heavy (non-hydrogen) atoms. The molecule has 0 radical (unpaired) electrons. The molecule has 0 aliphatic heterocycles. The normalized spacial score (nSPS) is 10.8. The third-order valence-electron chi connectivity index (χ3n) is 2.57. The van der Waals surface area contributed by atoms with Gasteiger partial charge in [0.25, 0.3) is 0 Å². The average molecular weight is 273 g/mol. The topological polar surface area (TPSA) is 33.7 Å². The number of halogens is 1. The first kappa shape index (κ1) is 15.1. The Balaban J connectivity index is 2.71. The fourth-order valence-corrected chi connectivity index (χ4v) is 1.89. The molecule has 0 heterocycles. The van der Waals surface area contributed by atoms with Crippen molar-refractivity contribution in [3.05, 3.63) is 22.7 Å². The van der Waals surface area contributed by atoms with E-state index in [0.29, 0.717) is 17.3 Å². The number of methoxy groups -OCH3 is 2. The highest BCUT2D eigenvalue weighted by atomic mass is 35.5. The Morgan fingerprint density at radius 3 is 2.50 bits per heavy atom. The predicted molar refractivity (Wildman–Crippen MR) is 74.8 cm³/mol. The minimum Gasteiger partial charge on any atom is -0.493 e. The maximum atomic E-state index is 6.05. The highest BCUT2D eigenvalue weighted by Gasteiger charge is 2.11. The summed E-state index contributed by atoms with van der Waals surface area (Å²) >= 11 is 6.05. The molecular weight excluding hydrogens is 252 g/mol. The lowest BCUT2D eigenvalue weighted by Crippen LogP contribution is -2.26. The zero-order valence-corrected chi connectivity index (χ0v) is 12.2. The van der Waals surface area contributed by atoms with Gasteiger partial charge >= 0.3 is 0 Å². The molecule has 0 unspecified atom stereocenters. The van der Waals surface area contributed by atoms with Gasteiger partial charge in [0.2, 0.25) is 0 Å². The zero-order chi connectivity index (χ0) is 13.5. The quantitative estimate of drug-likeness (QED) is 0.770. The van der Waals surface area contributed by atoms with Crippen molar-refractivity contribution in [2.24, 2.45) is 0 Å². The number of rotatable bonds is 7. The molecule has 4 nitrogen and oxygen atoms in total. The lowest BCUT2D eigenvalue weighted by molar-refractivity contribution is 0.349. The van der Waals surface area contributed by atoms with Crippen molar-refractivity contribution in [2.75, 3.05) is 41.4 Å². The fraction of sp³-hybridized carbons (Fsp3) is 0.538. The van der Waals surface area contributed by atoms with Gasteiger partial charge in [0, 0.05) is 36.3 Å². The van der Waals surface area contributed by atoms with Crippen molar-refractivity contribution in [2.45, 2.75) is 6.54 Å². The van der Waals surface area contributed by atoms with Crippen LogP contribution in [0.3, 0.4) is 0 Å². The summed E-state index contributed by atoms with van der Waals surface area (Å²) in [6, 6.07) is 3.65. The van der Waals surface area contributed by atoms with Crippen LogP contribution < -0.4 is 14.8 Å². The molecule has 0 bridgehead atoms. The molecule has 0 atom stereocenters. The Labute approximate surface area is 114 Å². The first-order valence-electron chi connectivity index (χ1n) is 5.84. The third kappa shape index (κ3) is 4.37. The summed E-state index contributed by atoms with van der Waals surface area (Å²) in [6.07, 6.45) is 0. The Hall–Kier alpha value is -0.970. The minimum absolute atomic E-state index is 0.650. The average Bonchev–Trinajstić information content (AvgIpc) is 2.33. The highest BCUT2D eigenvalue weighted by Crippen LogP contribution is 2.34. The molecule has 0 fully saturated rings. The first-order chi connectivity index (χ1) is 8.58. The molecule has 0 saturated heterocycles. The van der Waals surface area contributed by atoms with Crippen LogP contribution in [0.5, 0.6) is 11.5 Å². The second-order valence-corrected chi connectivity index (χ2v) is 4.72. The van der Waals surface area contributed by atoms with Crippen molar-refractivity contribution in [1.82, 2.24) is 10.2 Å². The van der Waals surface area contributed by atoms with Crippen molar-refractivity contribution in [3.8, 4) is 11.5 Å². The monoisotopic (exact) mass is 272 g/mol. The van der Waals surface area contributed by atoms with Gasteiger partial charge in [-0.1, -0.05) is 11.6 Å². The Bertz CT molecular complexity index is 383. The van der Waals surface area contributed by atoms with E-state index in [1.807, 2.05) is 20.2 Å². The molecule has 5 heteroatoms. The predicted octanol–water partition coefficient (Wildman–Crippen LogP) is 2.01. The maximum absolute atomic E-state index is 6.05. The van der Waals surface area contributed by atoms with Gasteiger partial charge in [0.15, 0.2) is 11.5 Å². The Morgan fingerprint density at radius 1 is 1.22 bits per heavy atom. The molecule has 0 spiro atoms. The summed E-state index contributed by atoms with van der Waals surface area (Å²) in [5.41, 5.74) is 1.00. The van der Waals surface area contributed by atoms with E-state index in [4.69, 9.17) is 21.1 Å². The summed E-state index contributed by atoms with van der Waals surface area (Å²) in [4.78, 5) is 2.13. The largest absolute Gasteiger partial charge is 0.493 e. The molecule has 1 rings (SSSR count). The van der Waals surface area contributed by atoms with Crippen LogP contribution in [-0.4, -0.2) is 46.3 Å². The second-order valence-electron chi connectivity index (χ2n) is 4.28. The Morgan fingerprint density at radius 2 is 1.94 bits per heavy atom. The molecule has 102 valence electrons. The van der Waals surface area contributed by atoms with Crippen molar-refractivity contribution >= 4 is 11.6 Å². The number of hydrogen-bond donors (Lipinski definition) is 1. The molecular formula is C13H21ClN2O2. The van der Waals surface area contributed by atoms with E-state index in [2.05, 4.69) is 10.2 Å². The third-order valence-corrected chi connectivity index (χ3v) is 2.79. The number of ether oxygens (including phenoxy) is 2. The van der Waals surface area contributed by atoms with E-state index in [9.17, 15) is 0 Å². The van der Waals surface area contributed by atoms with Gasteiger partial charge in [0.05, 0.1) is 14.2 Å². The molecule has 1 aromatic carbocycles. The molecule has 1 N–H and O–H groups in total. The molecule has 0 aromatic heterocycles. The first-order valence-corrected chi connectivity index (χ1v) is 6.22. The molecule has 0 aliphatic carbocycles. The van der Waals surface area contributed by atoms with Gasteiger partial charge in [-0.2, -0.15) is 0 Å². The summed E-state index contributed by atoms with van der Waals surface area (Å²) < 4.78 is 10.6. The van der Waals surface area contributed by atoms with E-state index in [1.165, 1.54) is 0 Å². The number of likely N-dealkylation sites (N-methyl/N-ethyl adjacent to an activating group) is 1. The lowest BCUT2D eigenvalue weighted by Gasteiger charge is -2.15. The van der Waals surface area contributed by atoms with E-state index in [1.54, 1.807) is 20.3 Å². The molecule has 0 amide bonds. The van der Waals surface area contributed by atoms with Gasteiger partial charge in [-0.3, -0.25) is 0 Å².